The molecular weight excluding hydrogens is 486 g/mol. The van der Waals surface area contributed by atoms with Crippen LogP contribution >= 0.6 is 0 Å². The second-order valence-corrected chi connectivity index (χ2v) is 9.95. The molecule has 3 aromatic heterocycles. The van der Waals surface area contributed by atoms with Crippen LogP contribution in [0.5, 0.6) is 0 Å². The molecule has 2 aliphatic rings. The van der Waals surface area contributed by atoms with Gasteiger partial charge in [-0.3, -0.25) is 14.6 Å². The number of amides is 1. The number of likely N-dealkylation sites (tertiary alicyclic amines) is 1. The number of piperidine rings is 2. The smallest absolute Gasteiger partial charge is 0.263 e. The molecule has 0 aliphatic carbocycles. The summed E-state index contributed by atoms with van der Waals surface area (Å²) in [4.78, 5) is 35.7. The van der Waals surface area contributed by atoms with Crippen LogP contribution < -0.4 is 16.0 Å². The molecule has 0 bridgehead atoms. The van der Waals surface area contributed by atoms with Crippen molar-refractivity contribution in [1.29, 1.82) is 0 Å². The molecule has 3 aromatic rings. The topological polar surface area (TPSA) is 142 Å². The lowest BCUT2D eigenvalue weighted by atomic mass is 9.81. The monoisotopic (exact) mass is 514 g/mol. The van der Waals surface area contributed by atoms with Crippen molar-refractivity contribution in [2.24, 2.45) is 11.8 Å². The Morgan fingerprint density at radius 3 is 2.49 bits per heavy atom. The van der Waals surface area contributed by atoms with E-state index in [1.54, 1.807) is 11.9 Å². The standard InChI is InChI=1S/C24H28F2N8O3/c1-34(37)8-4-15(5-9-34)21(35)14-2-6-32(7-3-14)20-17(26)11-28-12-18(20)30-24(36)19-22(27)31-33-13-16(25)10-29-23(19)33/h10-15H,2-9H2,1H3,(H2,27,31)(H,30,36). The van der Waals surface area contributed by atoms with Crippen LogP contribution in [0.4, 0.5) is 26.0 Å². The van der Waals surface area contributed by atoms with Crippen LogP contribution in [-0.4, -0.2) is 69.1 Å². The van der Waals surface area contributed by atoms with Gasteiger partial charge in [-0.25, -0.2) is 18.3 Å². The number of rotatable bonds is 5. The number of hydrogen-bond acceptors (Lipinski definition) is 8. The van der Waals surface area contributed by atoms with Crippen molar-refractivity contribution in [3.63, 3.8) is 0 Å². The van der Waals surface area contributed by atoms with E-state index >= 15 is 0 Å². The molecule has 13 heteroatoms. The fourth-order valence-corrected chi connectivity index (χ4v) is 5.29. The Hall–Kier alpha value is -3.71. The number of nitrogen functional groups attached to an aromatic ring is 1. The number of pyridine rings is 1. The minimum absolute atomic E-state index is 0.0560. The lowest BCUT2D eigenvalue weighted by Gasteiger charge is -2.44. The van der Waals surface area contributed by atoms with Crippen molar-refractivity contribution in [1.82, 2.24) is 19.6 Å². The van der Waals surface area contributed by atoms with E-state index in [4.69, 9.17) is 5.73 Å². The summed E-state index contributed by atoms with van der Waals surface area (Å²) in [6, 6.07) is 0. The third kappa shape index (κ3) is 4.96. The van der Waals surface area contributed by atoms with Crippen LogP contribution in [-0.2, 0) is 4.79 Å². The lowest BCUT2D eigenvalue weighted by Crippen LogP contribution is -2.47. The first-order chi connectivity index (χ1) is 17.6. The number of hydroxylamine groups is 3. The zero-order valence-electron chi connectivity index (χ0n) is 20.4. The van der Waals surface area contributed by atoms with Gasteiger partial charge < -0.3 is 25.8 Å². The summed E-state index contributed by atoms with van der Waals surface area (Å²) in [6.07, 6.45) is 6.68. The fourth-order valence-electron chi connectivity index (χ4n) is 5.29. The van der Waals surface area contributed by atoms with Crippen molar-refractivity contribution < 1.29 is 23.0 Å². The molecule has 3 N–H and O–H groups in total. The van der Waals surface area contributed by atoms with Crippen LogP contribution in [0.25, 0.3) is 5.65 Å². The highest BCUT2D eigenvalue weighted by Gasteiger charge is 2.35. The molecule has 5 rings (SSSR count). The second kappa shape index (κ2) is 9.63. The first-order valence-electron chi connectivity index (χ1n) is 12.2. The summed E-state index contributed by atoms with van der Waals surface area (Å²) in [5.41, 5.74) is 6.17. The number of halogens is 2. The van der Waals surface area contributed by atoms with E-state index < -0.39 is 17.5 Å². The number of carbonyl (C=O) groups is 2. The van der Waals surface area contributed by atoms with Crippen molar-refractivity contribution >= 4 is 34.5 Å². The van der Waals surface area contributed by atoms with E-state index in [1.807, 2.05) is 0 Å². The molecule has 37 heavy (non-hydrogen) atoms. The SMILES string of the molecule is C[N+]1([O-])CCC(C(=O)C2CCN(c3c(F)cncc3NC(=O)c3c(N)nn4cc(F)cnc34)CC2)CC1. The summed E-state index contributed by atoms with van der Waals surface area (Å²) in [7, 11) is 1.64. The minimum Gasteiger partial charge on any atom is -0.633 e. The number of hydrogen-bond donors (Lipinski definition) is 2. The van der Waals surface area contributed by atoms with Gasteiger partial charge in [-0.2, -0.15) is 0 Å². The Balaban J connectivity index is 1.30. The first kappa shape index (κ1) is 25.0. The molecule has 2 aliphatic heterocycles. The Morgan fingerprint density at radius 1 is 1.11 bits per heavy atom. The molecule has 0 unspecified atom stereocenters. The zero-order chi connectivity index (χ0) is 26.3. The van der Waals surface area contributed by atoms with Gasteiger partial charge in [0.2, 0.25) is 0 Å². The number of nitrogens with zero attached hydrogens (tertiary/aromatic N) is 6. The highest BCUT2D eigenvalue weighted by Crippen LogP contribution is 2.34. The van der Waals surface area contributed by atoms with E-state index in [1.165, 1.54) is 6.20 Å². The Labute approximate surface area is 211 Å². The summed E-state index contributed by atoms with van der Waals surface area (Å²) in [5, 5.41) is 18.7. The molecule has 0 atom stereocenters. The van der Waals surface area contributed by atoms with E-state index in [2.05, 4.69) is 20.4 Å². The van der Waals surface area contributed by atoms with Crippen LogP contribution in [0.2, 0.25) is 0 Å². The van der Waals surface area contributed by atoms with Gasteiger partial charge in [-0.1, -0.05) is 0 Å². The van der Waals surface area contributed by atoms with Gasteiger partial charge in [0, 0.05) is 37.8 Å². The van der Waals surface area contributed by atoms with Crippen LogP contribution in [0.3, 0.4) is 0 Å². The Kier molecular flexibility index (Phi) is 6.50. The number of fused-ring (bicyclic) bond motifs is 1. The van der Waals surface area contributed by atoms with E-state index in [9.17, 15) is 23.6 Å². The summed E-state index contributed by atoms with van der Waals surface area (Å²) >= 11 is 0. The fraction of sp³-hybridized carbons (Fsp3) is 0.458. The third-order valence-electron chi connectivity index (χ3n) is 7.33. The normalized spacial score (nSPS) is 22.8. The van der Waals surface area contributed by atoms with Crippen molar-refractivity contribution in [3.05, 3.63) is 47.2 Å². The highest BCUT2D eigenvalue weighted by atomic mass is 19.1. The number of carbonyl (C=O) groups excluding carboxylic acids is 2. The van der Waals surface area contributed by atoms with E-state index in [0.29, 0.717) is 51.9 Å². The molecule has 5 heterocycles. The van der Waals surface area contributed by atoms with E-state index in [0.717, 1.165) is 23.1 Å². The molecular formula is C24H28F2N8O3. The minimum atomic E-state index is -0.689. The van der Waals surface area contributed by atoms with Crippen LogP contribution in [0, 0.1) is 28.7 Å². The molecule has 11 nitrogen and oxygen atoms in total. The second-order valence-electron chi connectivity index (χ2n) is 9.95. The molecule has 0 aromatic carbocycles. The third-order valence-corrected chi connectivity index (χ3v) is 7.33. The molecule has 2 fully saturated rings. The quantitative estimate of drug-likeness (QED) is 0.391. The maximum Gasteiger partial charge on any atom is 0.263 e. The predicted octanol–water partition coefficient (Wildman–Crippen LogP) is 2.38. The first-order valence-corrected chi connectivity index (χ1v) is 12.2. The van der Waals surface area contributed by atoms with Gasteiger partial charge in [0.25, 0.3) is 5.91 Å². The number of nitrogens with one attached hydrogen (secondary N) is 1. The molecule has 0 spiro atoms. The maximum atomic E-state index is 15.0. The van der Waals surface area contributed by atoms with E-state index in [-0.39, 0.29) is 50.7 Å². The van der Waals surface area contributed by atoms with Gasteiger partial charge >= 0.3 is 0 Å². The van der Waals surface area contributed by atoms with Gasteiger partial charge in [0.15, 0.2) is 23.1 Å². The molecule has 196 valence electrons. The number of anilines is 3. The number of nitrogens with two attached hydrogens (primary N) is 1. The molecule has 1 amide bonds. The van der Waals surface area contributed by atoms with Crippen LogP contribution in [0.1, 0.15) is 36.0 Å². The predicted molar refractivity (Wildman–Crippen MR) is 131 cm³/mol. The largest absolute Gasteiger partial charge is 0.633 e. The zero-order valence-corrected chi connectivity index (χ0v) is 20.4. The molecule has 0 saturated carbocycles. The maximum absolute atomic E-state index is 15.0. The van der Waals surface area contributed by atoms with Crippen molar-refractivity contribution in [2.45, 2.75) is 25.7 Å². The number of quaternary nitrogens is 1. The average molecular weight is 515 g/mol. The number of aromatic nitrogens is 4. The van der Waals surface area contributed by atoms with Gasteiger partial charge in [-0.05, 0) is 12.8 Å². The summed E-state index contributed by atoms with van der Waals surface area (Å²) in [5.74, 6) is -2.15. The van der Waals surface area contributed by atoms with Gasteiger partial charge in [-0.15, -0.1) is 5.10 Å². The Morgan fingerprint density at radius 2 is 1.78 bits per heavy atom. The molecule has 2 saturated heterocycles. The Bertz CT molecular complexity index is 1340. The van der Waals surface area contributed by atoms with Crippen molar-refractivity contribution in [2.75, 3.05) is 49.2 Å². The van der Waals surface area contributed by atoms with Crippen molar-refractivity contribution in [3.8, 4) is 0 Å². The van der Waals surface area contributed by atoms with Crippen LogP contribution in [0.15, 0.2) is 24.8 Å². The summed E-state index contributed by atoms with van der Waals surface area (Å²) < 4.78 is 29.2. The number of Topliss-reactive ketones (excluding diaryl/α,β-unsaturated/α-hetero) is 1. The number of ketones is 1. The summed E-state index contributed by atoms with van der Waals surface area (Å²) in [6.45, 7) is 1.73. The highest BCUT2D eigenvalue weighted by molar-refractivity contribution is 6.12. The van der Waals surface area contributed by atoms with Gasteiger partial charge in [0.05, 0.1) is 50.6 Å². The van der Waals surface area contributed by atoms with Gasteiger partial charge in [0.1, 0.15) is 17.0 Å². The average Bonchev–Trinajstić information content (AvgIpc) is 3.18. The lowest BCUT2D eigenvalue weighted by molar-refractivity contribution is -0.866. The molecule has 0 radical (unpaired) electrons.